The monoisotopic (exact) mass is 285 g/mol. The van der Waals surface area contributed by atoms with Crippen LogP contribution in [-0.4, -0.2) is 6.54 Å². The molecule has 1 aromatic carbocycles. The second kappa shape index (κ2) is 5.28. The Balaban J connectivity index is 1.91. The molecule has 0 amide bonds. The van der Waals surface area contributed by atoms with Crippen LogP contribution in [0.2, 0.25) is 0 Å². The van der Waals surface area contributed by atoms with Crippen LogP contribution in [0.15, 0.2) is 22.7 Å². The van der Waals surface area contributed by atoms with E-state index in [1.807, 2.05) is 6.07 Å². The molecule has 0 radical (unpaired) electrons. The summed E-state index contributed by atoms with van der Waals surface area (Å²) in [7, 11) is 0. The number of hydrogen-bond donors (Lipinski definition) is 1. The number of halogens is 2. The standard InChI is InChI=1S/C13H17BrFN/c1-9(16-8-10-3-2-4-10)11-5-6-12(14)13(15)7-11/h5-7,9-10,16H,2-4,8H2,1H3. The number of benzene rings is 1. The number of nitrogens with one attached hydrogen (secondary N) is 1. The fourth-order valence-electron chi connectivity index (χ4n) is 1.94. The van der Waals surface area contributed by atoms with E-state index in [0.29, 0.717) is 4.47 Å². The molecule has 0 heterocycles. The van der Waals surface area contributed by atoms with Crippen LogP contribution in [-0.2, 0) is 0 Å². The third kappa shape index (κ3) is 2.83. The Bertz CT molecular complexity index is 363. The highest BCUT2D eigenvalue weighted by atomic mass is 79.9. The van der Waals surface area contributed by atoms with Gasteiger partial charge in [-0.15, -0.1) is 0 Å². The summed E-state index contributed by atoms with van der Waals surface area (Å²) < 4.78 is 13.9. The summed E-state index contributed by atoms with van der Waals surface area (Å²) >= 11 is 3.17. The van der Waals surface area contributed by atoms with Gasteiger partial charge in [-0.05, 0) is 65.9 Å². The molecule has 1 atom stereocenters. The maximum absolute atomic E-state index is 13.3. The Labute approximate surface area is 105 Å². The molecule has 16 heavy (non-hydrogen) atoms. The van der Waals surface area contributed by atoms with Gasteiger partial charge in [0, 0.05) is 6.04 Å². The van der Waals surface area contributed by atoms with Crippen molar-refractivity contribution in [1.29, 1.82) is 0 Å². The molecule has 3 heteroatoms. The molecule has 1 aliphatic rings. The maximum atomic E-state index is 13.3. The normalized spacial score (nSPS) is 18.2. The fourth-order valence-corrected chi connectivity index (χ4v) is 2.19. The van der Waals surface area contributed by atoms with Crippen LogP contribution in [0, 0.1) is 11.7 Å². The summed E-state index contributed by atoms with van der Waals surface area (Å²) in [6.45, 7) is 3.14. The SMILES string of the molecule is CC(NCC1CCC1)c1ccc(Br)c(F)c1. The Morgan fingerprint density at radius 2 is 2.25 bits per heavy atom. The van der Waals surface area contributed by atoms with Crippen molar-refractivity contribution < 1.29 is 4.39 Å². The van der Waals surface area contributed by atoms with Crippen LogP contribution in [0.4, 0.5) is 4.39 Å². The van der Waals surface area contributed by atoms with Crippen molar-refractivity contribution in [2.45, 2.75) is 32.2 Å². The summed E-state index contributed by atoms with van der Waals surface area (Å²) in [5.41, 5.74) is 1.01. The molecule has 0 aliphatic heterocycles. The molecule has 1 fully saturated rings. The number of hydrogen-bond acceptors (Lipinski definition) is 1. The van der Waals surface area contributed by atoms with Crippen molar-refractivity contribution in [1.82, 2.24) is 5.32 Å². The molecule has 2 rings (SSSR count). The van der Waals surface area contributed by atoms with E-state index in [4.69, 9.17) is 0 Å². The van der Waals surface area contributed by atoms with Crippen molar-refractivity contribution in [3.05, 3.63) is 34.1 Å². The first-order chi connectivity index (χ1) is 7.66. The predicted molar refractivity (Wildman–Crippen MR) is 67.9 cm³/mol. The third-order valence-corrected chi connectivity index (χ3v) is 4.02. The summed E-state index contributed by atoms with van der Waals surface area (Å²) in [6, 6.07) is 5.56. The van der Waals surface area contributed by atoms with Crippen molar-refractivity contribution >= 4 is 15.9 Å². The first-order valence-electron chi connectivity index (χ1n) is 5.85. The average Bonchev–Trinajstić information content (AvgIpc) is 2.19. The van der Waals surface area contributed by atoms with Crippen LogP contribution >= 0.6 is 15.9 Å². The van der Waals surface area contributed by atoms with Crippen LogP contribution in [0.1, 0.15) is 37.8 Å². The molecule has 88 valence electrons. The molecule has 1 nitrogen and oxygen atoms in total. The Morgan fingerprint density at radius 3 is 2.81 bits per heavy atom. The predicted octanol–water partition coefficient (Wildman–Crippen LogP) is 4.04. The van der Waals surface area contributed by atoms with Gasteiger partial charge in [0.05, 0.1) is 4.47 Å². The lowest BCUT2D eigenvalue weighted by Gasteiger charge is -2.27. The fraction of sp³-hybridized carbons (Fsp3) is 0.538. The van der Waals surface area contributed by atoms with Crippen LogP contribution in [0.3, 0.4) is 0 Å². The largest absolute Gasteiger partial charge is 0.310 e. The second-order valence-corrected chi connectivity index (χ2v) is 5.45. The minimum atomic E-state index is -0.185. The van der Waals surface area contributed by atoms with Crippen molar-refractivity contribution in [3.8, 4) is 0 Å². The maximum Gasteiger partial charge on any atom is 0.137 e. The van der Waals surface area contributed by atoms with Crippen molar-refractivity contribution in [2.24, 2.45) is 5.92 Å². The van der Waals surface area contributed by atoms with Gasteiger partial charge in [0.2, 0.25) is 0 Å². The zero-order valence-electron chi connectivity index (χ0n) is 9.47. The van der Waals surface area contributed by atoms with Crippen LogP contribution < -0.4 is 5.32 Å². The molecule has 0 saturated heterocycles. The lowest BCUT2D eigenvalue weighted by atomic mass is 9.85. The van der Waals surface area contributed by atoms with E-state index in [1.54, 1.807) is 12.1 Å². The van der Waals surface area contributed by atoms with Crippen LogP contribution in [0.25, 0.3) is 0 Å². The van der Waals surface area contributed by atoms with Gasteiger partial charge in [0.25, 0.3) is 0 Å². The Hall–Kier alpha value is -0.410. The molecular formula is C13H17BrFN. The van der Waals surface area contributed by atoms with Gasteiger partial charge in [-0.25, -0.2) is 4.39 Å². The van der Waals surface area contributed by atoms with E-state index < -0.39 is 0 Å². The van der Waals surface area contributed by atoms with Gasteiger partial charge in [0.15, 0.2) is 0 Å². The molecular weight excluding hydrogens is 269 g/mol. The van der Waals surface area contributed by atoms with E-state index in [2.05, 4.69) is 28.2 Å². The van der Waals surface area contributed by atoms with E-state index in [-0.39, 0.29) is 11.9 Å². The van der Waals surface area contributed by atoms with Gasteiger partial charge in [0.1, 0.15) is 5.82 Å². The van der Waals surface area contributed by atoms with E-state index in [0.717, 1.165) is 18.0 Å². The molecule has 0 spiro atoms. The zero-order chi connectivity index (χ0) is 11.5. The van der Waals surface area contributed by atoms with Crippen molar-refractivity contribution in [3.63, 3.8) is 0 Å². The highest BCUT2D eigenvalue weighted by Crippen LogP contribution is 2.26. The summed E-state index contributed by atoms with van der Waals surface area (Å²) in [6.07, 6.45) is 4.05. The summed E-state index contributed by atoms with van der Waals surface area (Å²) in [5, 5.41) is 3.47. The zero-order valence-corrected chi connectivity index (χ0v) is 11.1. The molecule has 1 unspecified atom stereocenters. The van der Waals surface area contributed by atoms with Gasteiger partial charge in [-0.3, -0.25) is 0 Å². The minimum Gasteiger partial charge on any atom is -0.310 e. The van der Waals surface area contributed by atoms with Gasteiger partial charge < -0.3 is 5.32 Å². The lowest BCUT2D eigenvalue weighted by Crippen LogP contribution is -2.29. The first kappa shape index (κ1) is 12.1. The second-order valence-electron chi connectivity index (χ2n) is 4.60. The van der Waals surface area contributed by atoms with Gasteiger partial charge in [-0.2, -0.15) is 0 Å². The molecule has 1 saturated carbocycles. The summed E-state index contributed by atoms with van der Waals surface area (Å²) in [4.78, 5) is 0. The van der Waals surface area contributed by atoms with E-state index in [9.17, 15) is 4.39 Å². The Morgan fingerprint density at radius 1 is 1.50 bits per heavy atom. The number of rotatable bonds is 4. The van der Waals surface area contributed by atoms with Crippen molar-refractivity contribution in [2.75, 3.05) is 6.54 Å². The minimum absolute atomic E-state index is 0.185. The first-order valence-corrected chi connectivity index (χ1v) is 6.64. The summed E-state index contributed by atoms with van der Waals surface area (Å²) in [5.74, 6) is 0.650. The Kier molecular flexibility index (Phi) is 3.98. The lowest BCUT2D eigenvalue weighted by molar-refractivity contribution is 0.292. The van der Waals surface area contributed by atoms with Gasteiger partial charge in [-0.1, -0.05) is 12.5 Å². The smallest absolute Gasteiger partial charge is 0.137 e. The molecule has 0 bridgehead atoms. The molecule has 1 N–H and O–H groups in total. The highest BCUT2D eigenvalue weighted by Gasteiger charge is 2.18. The van der Waals surface area contributed by atoms with Gasteiger partial charge >= 0.3 is 0 Å². The average molecular weight is 286 g/mol. The topological polar surface area (TPSA) is 12.0 Å². The highest BCUT2D eigenvalue weighted by molar-refractivity contribution is 9.10. The van der Waals surface area contributed by atoms with Crippen LogP contribution in [0.5, 0.6) is 0 Å². The van der Waals surface area contributed by atoms with E-state index in [1.165, 1.54) is 19.3 Å². The molecule has 1 aliphatic carbocycles. The quantitative estimate of drug-likeness (QED) is 0.881. The molecule has 0 aromatic heterocycles. The van der Waals surface area contributed by atoms with E-state index >= 15 is 0 Å². The third-order valence-electron chi connectivity index (χ3n) is 3.38. The molecule has 1 aromatic rings.